The summed E-state index contributed by atoms with van der Waals surface area (Å²) in [6.45, 7) is 0. The first-order valence-electron chi connectivity index (χ1n) is 14.2. The summed E-state index contributed by atoms with van der Waals surface area (Å²) in [7, 11) is 0. The molecule has 4 bridgehead atoms. The lowest BCUT2D eigenvalue weighted by Crippen LogP contribution is -2.54. The van der Waals surface area contributed by atoms with Crippen LogP contribution < -0.4 is 5.32 Å². The summed E-state index contributed by atoms with van der Waals surface area (Å²) in [6, 6.07) is 8.16. The van der Waals surface area contributed by atoms with E-state index in [1.54, 1.807) is 17.2 Å². The third-order valence-corrected chi connectivity index (χ3v) is 10.2. The second-order valence-corrected chi connectivity index (χ2v) is 12.9. The van der Waals surface area contributed by atoms with Crippen LogP contribution in [0.25, 0.3) is 11.2 Å². The van der Waals surface area contributed by atoms with Crippen LogP contribution in [-0.4, -0.2) is 60.2 Å². The van der Waals surface area contributed by atoms with Gasteiger partial charge in [-0.3, -0.25) is 4.57 Å². The Bertz CT molecular complexity index is 1440. The number of nitrogens with one attached hydrogen (secondary N) is 1. The first-order chi connectivity index (χ1) is 19.0. The van der Waals surface area contributed by atoms with Crippen LogP contribution in [0.5, 0.6) is 0 Å². The van der Waals surface area contributed by atoms with Crippen LogP contribution in [0.2, 0.25) is 0 Å². The smallest absolute Gasteiger partial charge is 0.335 e. The van der Waals surface area contributed by atoms with Crippen molar-refractivity contribution in [1.82, 2.24) is 19.5 Å². The number of ether oxygens (including phenoxy) is 3. The maximum Gasteiger partial charge on any atom is 0.335 e. The lowest BCUT2D eigenvalue weighted by atomic mass is 9.53. The summed E-state index contributed by atoms with van der Waals surface area (Å²) >= 11 is 0. The highest BCUT2D eigenvalue weighted by Gasteiger charge is 2.62. The fraction of sp³-hybridized carbons (Fsp3) is 0.586. The Hall–Kier alpha value is -3.08. The van der Waals surface area contributed by atoms with Gasteiger partial charge in [0.2, 0.25) is 0 Å². The van der Waals surface area contributed by atoms with Crippen LogP contribution in [0.3, 0.4) is 0 Å². The fourth-order valence-corrected chi connectivity index (χ4v) is 9.20. The van der Waals surface area contributed by atoms with E-state index >= 15 is 0 Å². The molecule has 10 nitrogen and oxygen atoms in total. The van der Waals surface area contributed by atoms with E-state index in [9.17, 15) is 9.90 Å². The Labute approximate surface area is 225 Å². The number of benzene rings is 1. The molecule has 0 amide bonds. The summed E-state index contributed by atoms with van der Waals surface area (Å²) in [4.78, 5) is 26.1. The van der Waals surface area contributed by atoms with E-state index in [0.29, 0.717) is 24.0 Å². The van der Waals surface area contributed by atoms with Gasteiger partial charge in [0.05, 0.1) is 6.33 Å². The summed E-state index contributed by atoms with van der Waals surface area (Å²) in [5, 5.41) is 13.8. The topological polar surface area (TPSA) is 121 Å². The van der Waals surface area contributed by atoms with Crippen LogP contribution >= 0.6 is 0 Å². The second-order valence-electron chi connectivity index (χ2n) is 12.9. The second kappa shape index (κ2) is 7.77. The molecule has 5 aliphatic carbocycles. The van der Waals surface area contributed by atoms with Crippen molar-refractivity contribution in [2.24, 2.45) is 17.8 Å². The van der Waals surface area contributed by atoms with Gasteiger partial charge in [-0.05, 0) is 67.4 Å². The predicted molar refractivity (Wildman–Crippen MR) is 138 cm³/mol. The van der Waals surface area contributed by atoms with Gasteiger partial charge in [-0.2, -0.15) is 0 Å². The van der Waals surface area contributed by atoms with E-state index in [4.69, 9.17) is 19.2 Å². The highest BCUT2D eigenvalue weighted by atomic mass is 16.8. The van der Waals surface area contributed by atoms with Crippen molar-refractivity contribution in [3.05, 3.63) is 48.0 Å². The van der Waals surface area contributed by atoms with Gasteiger partial charge >= 0.3 is 5.97 Å². The average Bonchev–Trinajstić information content (AvgIpc) is 3.64. The highest BCUT2D eigenvalue weighted by Crippen LogP contribution is 2.57. The lowest BCUT2D eigenvalue weighted by molar-refractivity contribution is -0.214. The van der Waals surface area contributed by atoms with Crippen molar-refractivity contribution in [3.8, 4) is 0 Å². The normalized spacial score (nSPS) is 38.9. The molecule has 2 aliphatic heterocycles. The molecule has 2 saturated heterocycles. The van der Waals surface area contributed by atoms with E-state index in [2.05, 4.69) is 27.4 Å². The quantitative estimate of drug-likeness (QED) is 0.523. The molecule has 2 aromatic heterocycles. The minimum Gasteiger partial charge on any atom is -0.479 e. The van der Waals surface area contributed by atoms with Crippen LogP contribution in [0.15, 0.2) is 36.9 Å². The van der Waals surface area contributed by atoms with Gasteiger partial charge < -0.3 is 24.6 Å². The predicted octanol–water partition coefficient (Wildman–Crippen LogP) is 3.47. The number of carbonyl (C=O) groups is 1. The number of carboxylic acid groups (broad SMARTS) is 1. The number of aliphatic carboxylic acids is 1. The van der Waals surface area contributed by atoms with Gasteiger partial charge in [0.1, 0.15) is 18.5 Å². The van der Waals surface area contributed by atoms with Crippen molar-refractivity contribution in [2.45, 2.75) is 87.2 Å². The van der Waals surface area contributed by atoms with Crippen LogP contribution in [0.1, 0.15) is 55.9 Å². The minimum atomic E-state index is -1.15. The van der Waals surface area contributed by atoms with E-state index in [0.717, 1.165) is 23.6 Å². The number of fused-ring (bicyclic) bond motifs is 3. The molecule has 4 saturated carbocycles. The molecule has 39 heavy (non-hydrogen) atoms. The Morgan fingerprint density at radius 1 is 0.949 bits per heavy atom. The summed E-state index contributed by atoms with van der Waals surface area (Å²) in [5.41, 5.74) is 3.70. The number of nitrogens with zero attached hydrogens (tertiary/aromatic N) is 4. The summed E-state index contributed by atoms with van der Waals surface area (Å²) in [5.74, 6) is 1.23. The van der Waals surface area contributed by atoms with E-state index in [1.807, 2.05) is 12.1 Å². The molecule has 7 aliphatic rings. The molecular formula is C29H31N5O5. The molecule has 6 fully saturated rings. The van der Waals surface area contributed by atoms with Gasteiger partial charge in [0.15, 0.2) is 35.1 Å². The van der Waals surface area contributed by atoms with E-state index in [1.165, 1.54) is 49.7 Å². The van der Waals surface area contributed by atoms with Crippen molar-refractivity contribution in [2.75, 3.05) is 5.32 Å². The zero-order valence-electron chi connectivity index (χ0n) is 21.5. The maximum absolute atomic E-state index is 12.2. The first kappa shape index (κ1) is 22.7. The van der Waals surface area contributed by atoms with E-state index < -0.39 is 36.3 Å². The Morgan fingerprint density at radius 3 is 2.28 bits per heavy atom. The SMILES string of the molecule is O=C(O)[C@H]1O[C@@H](n2cnc3c(NC45CC6CC(CC(C6)C4)C5)ncnc32)C2OC3(Cc4ccccc4C3)OC21. The van der Waals surface area contributed by atoms with Crippen LogP contribution in [-0.2, 0) is 31.8 Å². The number of rotatable bonds is 4. The molecule has 10 heteroatoms. The molecule has 0 radical (unpaired) electrons. The van der Waals surface area contributed by atoms with Gasteiger partial charge in [0, 0.05) is 18.4 Å². The molecule has 202 valence electrons. The van der Waals surface area contributed by atoms with Crippen molar-refractivity contribution in [1.29, 1.82) is 0 Å². The average molecular weight is 530 g/mol. The molecule has 3 aromatic rings. The molecule has 4 atom stereocenters. The molecule has 4 heterocycles. The number of hydrogen-bond donors (Lipinski definition) is 2. The third kappa shape index (κ3) is 3.31. The fourth-order valence-electron chi connectivity index (χ4n) is 9.20. The van der Waals surface area contributed by atoms with Gasteiger partial charge in [-0.1, -0.05) is 24.3 Å². The van der Waals surface area contributed by atoms with Crippen molar-refractivity contribution >= 4 is 23.0 Å². The molecule has 1 spiro atoms. The zero-order chi connectivity index (χ0) is 25.9. The van der Waals surface area contributed by atoms with Crippen molar-refractivity contribution in [3.63, 3.8) is 0 Å². The Balaban J connectivity index is 1.05. The summed E-state index contributed by atoms with van der Waals surface area (Å²) in [6.07, 6.45) is 8.88. The van der Waals surface area contributed by atoms with Crippen molar-refractivity contribution < 1.29 is 24.1 Å². The third-order valence-electron chi connectivity index (χ3n) is 10.2. The molecule has 2 N–H and O–H groups in total. The standard InChI is InChI=1S/C29H31N5O5/c35-27(36)23-21-22(39-29(38-21)11-18-3-1-2-4-19(18)12-29)26(37-23)34-14-32-20-24(30-13-31-25(20)34)33-28-8-15-5-16(9-28)7-17(6-15)10-28/h1-4,13-17,21-23,26H,5-12H2,(H,35,36)(H,30,31,33)/t15?,16?,17?,21?,22?,23-,26+,28?/m0/s1. The highest BCUT2D eigenvalue weighted by molar-refractivity contribution is 5.83. The number of anilines is 1. The number of carboxylic acids is 1. The molecule has 10 rings (SSSR count). The zero-order valence-corrected chi connectivity index (χ0v) is 21.5. The monoisotopic (exact) mass is 529 g/mol. The molecular weight excluding hydrogens is 498 g/mol. The van der Waals surface area contributed by atoms with Gasteiger partial charge in [0.25, 0.3) is 0 Å². The van der Waals surface area contributed by atoms with Crippen LogP contribution in [0.4, 0.5) is 5.82 Å². The largest absolute Gasteiger partial charge is 0.479 e. The van der Waals surface area contributed by atoms with E-state index in [-0.39, 0.29) is 5.54 Å². The maximum atomic E-state index is 12.2. The molecule has 2 unspecified atom stereocenters. The van der Waals surface area contributed by atoms with Gasteiger partial charge in [-0.25, -0.2) is 19.7 Å². The van der Waals surface area contributed by atoms with Crippen LogP contribution in [0, 0.1) is 17.8 Å². The van der Waals surface area contributed by atoms with Gasteiger partial charge in [-0.15, -0.1) is 0 Å². The Kier molecular flexibility index (Phi) is 4.52. The Morgan fingerprint density at radius 2 is 1.62 bits per heavy atom. The number of hydrogen-bond acceptors (Lipinski definition) is 8. The summed E-state index contributed by atoms with van der Waals surface area (Å²) < 4.78 is 20.9. The number of aromatic nitrogens is 4. The molecule has 1 aromatic carbocycles. The lowest BCUT2D eigenvalue weighted by Gasteiger charge is -2.57. The minimum absolute atomic E-state index is 0.0788. The first-order valence-corrected chi connectivity index (χ1v) is 14.2. The number of imidazole rings is 1.